The van der Waals surface area contributed by atoms with Gasteiger partial charge in [0.05, 0.1) is 18.8 Å². The second-order valence-corrected chi connectivity index (χ2v) is 13.1. The van der Waals surface area contributed by atoms with Crippen molar-refractivity contribution in [1.82, 2.24) is 4.90 Å². The van der Waals surface area contributed by atoms with Gasteiger partial charge < -0.3 is 14.4 Å². The van der Waals surface area contributed by atoms with E-state index in [4.69, 9.17) is 9.47 Å². The Kier molecular flexibility index (Phi) is 10.2. The molecular formula is C40H46N2O4. The molecule has 5 rings (SSSR count). The molecule has 240 valence electrons. The molecule has 2 amide bonds. The molecule has 1 aliphatic heterocycles. The number of hydrogen-bond donors (Lipinski definition) is 0. The molecule has 4 aromatic rings. The lowest BCUT2D eigenvalue weighted by Crippen LogP contribution is -2.53. The molecule has 0 bridgehead atoms. The Morgan fingerprint density at radius 2 is 1.35 bits per heavy atom. The van der Waals surface area contributed by atoms with Crippen molar-refractivity contribution in [3.8, 4) is 0 Å². The predicted octanol–water partition coefficient (Wildman–Crippen LogP) is 9.57. The highest BCUT2D eigenvalue weighted by Crippen LogP contribution is 2.46. The molecule has 1 fully saturated rings. The minimum absolute atomic E-state index is 0.153. The number of anilines is 1. The number of nitrogens with zero attached hydrogens (tertiary/aromatic N) is 2. The van der Waals surface area contributed by atoms with E-state index in [1.807, 2.05) is 105 Å². The Morgan fingerprint density at radius 3 is 1.83 bits per heavy atom. The summed E-state index contributed by atoms with van der Waals surface area (Å²) in [5, 5.41) is 0. The molecule has 1 aliphatic rings. The maximum Gasteiger partial charge on any atom is 0.416 e. The molecule has 6 heteroatoms. The lowest BCUT2D eigenvalue weighted by atomic mass is 9.75. The van der Waals surface area contributed by atoms with E-state index in [2.05, 4.69) is 50.2 Å². The van der Waals surface area contributed by atoms with Crippen LogP contribution in [0.15, 0.2) is 115 Å². The molecule has 0 saturated carbocycles. The molecule has 4 aromatic carbocycles. The summed E-state index contributed by atoms with van der Waals surface area (Å²) in [6, 6.07) is 38.2. The zero-order valence-electron chi connectivity index (χ0n) is 27.7. The van der Waals surface area contributed by atoms with Crippen molar-refractivity contribution in [1.29, 1.82) is 0 Å². The predicted molar refractivity (Wildman–Crippen MR) is 184 cm³/mol. The Balaban J connectivity index is 1.78. The molecular weight excluding hydrogens is 572 g/mol. The van der Waals surface area contributed by atoms with Crippen molar-refractivity contribution in [2.45, 2.75) is 77.7 Å². The molecule has 46 heavy (non-hydrogen) atoms. The first-order valence-corrected chi connectivity index (χ1v) is 16.4. The van der Waals surface area contributed by atoms with Gasteiger partial charge in [0.1, 0.15) is 17.2 Å². The van der Waals surface area contributed by atoms with Gasteiger partial charge in [-0.05, 0) is 67.3 Å². The minimum Gasteiger partial charge on any atom is -0.444 e. The van der Waals surface area contributed by atoms with Gasteiger partial charge in [0.2, 0.25) is 0 Å². The second kappa shape index (κ2) is 14.2. The van der Waals surface area contributed by atoms with Gasteiger partial charge in [-0.25, -0.2) is 9.59 Å². The van der Waals surface area contributed by atoms with Gasteiger partial charge >= 0.3 is 12.2 Å². The number of rotatable bonds is 12. The van der Waals surface area contributed by atoms with Gasteiger partial charge in [-0.2, -0.15) is 0 Å². The number of benzene rings is 4. The quantitative estimate of drug-likeness (QED) is 0.148. The zero-order valence-corrected chi connectivity index (χ0v) is 27.7. The second-order valence-electron chi connectivity index (χ2n) is 13.1. The Bertz CT molecular complexity index is 1490. The molecule has 0 radical (unpaired) electrons. The van der Waals surface area contributed by atoms with Crippen molar-refractivity contribution >= 4 is 17.9 Å². The summed E-state index contributed by atoms with van der Waals surface area (Å²) >= 11 is 0. The molecule has 0 aromatic heterocycles. The first kappa shape index (κ1) is 32.8. The number of carbonyl (C=O) groups excluding carboxylic acids is 2. The van der Waals surface area contributed by atoms with Crippen LogP contribution in [0.5, 0.6) is 0 Å². The molecule has 1 saturated heterocycles. The Hall–Kier alpha value is -4.58. The largest absolute Gasteiger partial charge is 0.444 e. The number of carbonyl (C=O) groups is 2. The summed E-state index contributed by atoms with van der Waals surface area (Å²) < 4.78 is 12.1. The van der Waals surface area contributed by atoms with Gasteiger partial charge in [0, 0.05) is 0 Å². The first-order chi connectivity index (χ1) is 22.2. The van der Waals surface area contributed by atoms with Gasteiger partial charge in [-0.15, -0.1) is 0 Å². The van der Waals surface area contributed by atoms with Crippen LogP contribution >= 0.6 is 0 Å². The van der Waals surface area contributed by atoms with Crippen LogP contribution in [0.4, 0.5) is 15.3 Å². The fourth-order valence-corrected chi connectivity index (χ4v) is 6.30. The first-order valence-electron chi connectivity index (χ1n) is 16.4. The summed E-state index contributed by atoms with van der Waals surface area (Å²) in [6.45, 7) is 11.1. The summed E-state index contributed by atoms with van der Waals surface area (Å²) in [5.74, 6) is 0.471. The fourth-order valence-electron chi connectivity index (χ4n) is 6.30. The van der Waals surface area contributed by atoms with E-state index in [0.29, 0.717) is 24.7 Å². The highest BCUT2D eigenvalue weighted by molar-refractivity contribution is 5.93. The number of para-hydroxylation sites is 1. The van der Waals surface area contributed by atoms with Gasteiger partial charge in [-0.3, -0.25) is 4.90 Å². The zero-order chi connectivity index (χ0) is 32.7. The Labute approximate surface area is 274 Å². The minimum atomic E-state index is -1.12. The summed E-state index contributed by atoms with van der Waals surface area (Å²) in [4.78, 5) is 31.6. The van der Waals surface area contributed by atoms with Gasteiger partial charge in [0.15, 0.2) is 0 Å². The van der Waals surface area contributed by atoms with Crippen molar-refractivity contribution in [3.05, 3.63) is 138 Å². The molecule has 6 nitrogen and oxygen atoms in total. The molecule has 0 spiro atoms. The van der Waals surface area contributed by atoms with Crippen molar-refractivity contribution in [3.63, 3.8) is 0 Å². The molecule has 1 unspecified atom stereocenters. The lowest BCUT2D eigenvalue weighted by Gasteiger charge is -2.46. The number of hydrogen-bond acceptors (Lipinski definition) is 4. The normalized spacial score (nSPS) is 15.1. The molecule has 0 aliphatic carbocycles. The smallest absolute Gasteiger partial charge is 0.416 e. The molecule has 1 heterocycles. The van der Waals surface area contributed by atoms with Crippen LogP contribution in [0.1, 0.15) is 76.1 Å². The van der Waals surface area contributed by atoms with Crippen LogP contribution < -0.4 is 4.90 Å². The van der Waals surface area contributed by atoms with Gasteiger partial charge in [-0.1, -0.05) is 130 Å². The monoisotopic (exact) mass is 618 g/mol. The van der Waals surface area contributed by atoms with E-state index < -0.39 is 17.2 Å². The van der Waals surface area contributed by atoms with Crippen LogP contribution in [-0.2, 0) is 21.6 Å². The summed E-state index contributed by atoms with van der Waals surface area (Å²) in [7, 11) is 0. The third kappa shape index (κ3) is 6.96. The maximum absolute atomic E-state index is 15.1. The lowest BCUT2D eigenvalue weighted by molar-refractivity contribution is 0.0314. The van der Waals surface area contributed by atoms with Crippen molar-refractivity contribution in [2.24, 2.45) is 5.92 Å². The number of cyclic esters (lactones) is 1. The third-order valence-electron chi connectivity index (χ3n) is 8.78. The van der Waals surface area contributed by atoms with E-state index in [0.717, 1.165) is 41.5 Å². The maximum atomic E-state index is 15.1. The van der Waals surface area contributed by atoms with E-state index in [1.54, 1.807) is 4.90 Å². The average molecular weight is 619 g/mol. The van der Waals surface area contributed by atoms with Crippen LogP contribution in [0.25, 0.3) is 0 Å². The van der Waals surface area contributed by atoms with Crippen molar-refractivity contribution in [2.75, 3.05) is 11.4 Å². The van der Waals surface area contributed by atoms with Crippen LogP contribution in [0.3, 0.4) is 0 Å². The van der Waals surface area contributed by atoms with Gasteiger partial charge in [0.25, 0.3) is 0 Å². The molecule has 0 N–H and O–H groups in total. The van der Waals surface area contributed by atoms with E-state index >= 15 is 4.79 Å². The third-order valence-corrected chi connectivity index (χ3v) is 8.78. The van der Waals surface area contributed by atoms with Crippen LogP contribution in [-0.4, -0.2) is 35.3 Å². The van der Waals surface area contributed by atoms with E-state index in [9.17, 15) is 4.79 Å². The van der Waals surface area contributed by atoms with E-state index in [1.165, 1.54) is 0 Å². The average Bonchev–Trinajstić information content (AvgIpc) is 3.43. The highest BCUT2D eigenvalue weighted by atomic mass is 16.6. The highest BCUT2D eigenvalue weighted by Gasteiger charge is 2.48. The fraction of sp³-hybridized carbons (Fsp3) is 0.350. The standard InChI is InChI=1S/C40H46N2O4/c1-6-35-29-41(37(43)45-35)28-31-18-16-17-25-36(31)42(38(44)46-39(4,5)27-26-30(2)3)40(32-19-10-7-11-20-32,33-21-12-8-13-22-33)34-23-14-9-15-24-34/h7-25,30,35H,6,26-29H2,1-5H3. The van der Waals surface area contributed by atoms with Crippen LogP contribution in [0.2, 0.25) is 0 Å². The summed E-state index contributed by atoms with van der Waals surface area (Å²) in [5.41, 5.74) is 2.36. The topological polar surface area (TPSA) is 59.1 Å². The van der Waals surface area contributed by atoms with E-state index in [-0.39, 0.29) is 12.2 Å². The van der Waals surface area contributed by atoms with Crippen LogP contribution in [0, 0.1) is 5.92 Å². The number of ether oxygens (including phenoxy) is 2. The summed E-state index contributed by atoms with van der Waals surface area (Å²) in [6.07, 6.45) is 1.43. The number of amides is 2. The van der Waals surface area contributed by atoms with Crippen molar-refractivity contribution < 1.29 is 19.1 Å². The Morgan fingerprint density at radius 1 is 0.848 bits per heavy atom. The SMILES string of the molecule is CCC1CN(Cc2ccccc2N(C(=O)OC(C)(C)CCC(C)C)C(c2ccccc2)(c2ccccc2)c2ccccc2)C(=O)O1. The molecule has 1 atom stereocenters.